The Morgan fingerprint density at radius 1 is 1.43 bits per heavy atom. The number of hydrogen-bond acceptors (Lipinski definition) is 4. The van der Waals surface area contributed by atoms with Crippen LogP contribution in [0.4, 0.5) is 0 Å². The predicted molar refractivity (Wildman–Crippen MR) is 76.4 cm³/mol. The highest BCUT2D eigenvalue weighted by molar-refractivity contribution is 5.76. The molecule has 0 fully saturated rings. The molecule has 21 heavy (non-hydrogen) atoms. The van der Waals surface area contributed by atoms with Crippen LogP contribution in [-0.4, -0.2) is 41.9 Å². The quantitative estimate of drug-likeness (QED) is 0.840. The van der Waals surface area contributed by atoms with Gasteiger partial charge in [0.05, 0.1) is 12.6 Å². The van der Waals surface area contributed by atoms with Gasteiger partial charge in [0, 0.05) is 31.9 Å². The number of rotatable bonds is 3. The molecule has 0 saturated heterocycles. The van der Waals surface area contributed by atoms with Crippen molar-refractivity contribution in [3.05, 3.63) is 29.6 Å². The fourth-order valence-corrected chi connectivity index (χ4v) is 2.96. The maximum Gasteiger partial charge on any atom is 0.223 e. The third kappa shape index (κ3) is 2.55. The maximum absolute atomic E-state index is 12.4. The molecule has 0 unspecified atom stereocenters. The van der Waals surface area contributed by atoms with Crippen molar-refractivity contribution in [2.45, 2.75) is 39.3 Å². The number of aryl methyl sites for hydroxylation is 3. The Hall–Kier alpha value is -2.18. The molecule has 0 saturated carbocycles. The summed E-state index contributed by atoms with van der Waals surface area (Å²) >= 11 is 0. The van der Waals surface area contributed by atoms with Gasteiger partial charge in [-0.3, -0.25) is 9.48 Å². The minimum absolute atomic E-state index is 0.162. The Labute approximate surface area is 123 Å². The van der Waals surface area contributed by atoms with Crippen LogP contribution in [-0.2, 0) is 24.8 Å². The Balaban J connectivity index is 1.65. The third-order valence-electron chi connectivity index (χ3n) is 4.06. The first-order valence-electron chi connectivity index (χ1n) is 7.21. The van der Waals surface area contributed by atoms with E-state index in [2.05, 4.69) is 26.8 Å². The minimum Gasteiger partial charge on any atom is -0.333 e. The van der Waals surface area contributed by atoms with Gasteiger partial charge in [-0.05, 0) is 26.3 Å². The number of carbonyl (C=O) groups excluding carboxylic acids is 1. The van der Waals surface area contributed by atoms with E-state index in [1.807, 2.05) is 29.6 Å². The van der Waals surface area contributed by atoms with Crippen molar-refractivity contribution in [2.75, 3.05) is 6.54 Å². The van der Waals surface area contributed by atoms with Gasteiger partial charge in [0.1, 0.15) is 5.82 Å². The van der Waals surface area contributed by atoms with Gasteiger partial charge in [-0.25, -0.2) is 0 Å². The van der Waals surface area contributed by atoms with E-state index in [0.29, 0.717) is 19.4 Å². The zero-order chi connectivity index (χ0) is 15.0. The Bertz CT molecular complexity index is 658. The molecule has 1 aliphatic heterocycles. The van der Waals surface area contributed by atoms with E-state index >= 15 is 0 Å². The monoisotopic (exact) mass is 288 g/mol. The lowest BCUT2D eigenvalue weighted by atomic mass is 10.1. The third-order valence-corrected chi connectivity index (χ3v) is 4.06. The Kier molecular flexibility index (Phi) is 3.48. The summed E-state index contributed by atoms with van der Waals surface area (Å²) < 4.78 is 3.93. The molecule has 3 rings (SSSR count). The Morgan fingerprint density at radius 3 is 2.95 bits per heavy atom. The van der Waals surface area contributed by atoms with Crippen molar-refractivity contribution < 1.29 is 4.79 Å². The van der Waals surface area contributed by atoms with Gasteiger partial charge in [0.15, 0.2) is 5.82 Å². The zero-order valence-electron chi connectivity index (χ0n) is 12.7. The fourth-order valence-electron chi connectivity index (χ4n) is 2.96. The van der Waals surface area contributed by atoms with E-state index < -0.39 is 0 Å². The number of hydrogen-bond donors (Lipinski definition) is 0. The zero-order valence-corrected chi connectivity index (χ0v) is 12.7. The molecule has 3 heterocycles. The predicted octanol–water partition coefficient (Wildman–Crippen LogP) is 0.856. The van der Waals surface area contributed by atoms with Gasteiger partial charge in [-0.2, -0.15) is 5.10 Å². The summed E-state index contributed by atoms with van der Waals surface area (Å²) in [6.07, 6.45) is 2.97. The summed E-state index contributed by atoms with van der Waals surface area (Å²) in [6, 6.07) is 2.18. The molecule has 0 spiro atoms. The molecule has 1 atom stereocenters. The second-order valence-electron chi connectivity index (χ2n) is 5.60. The average molecular weight is 288 g/mol. The van der Waals surface area contributed by atoms with E-state index in [9.17, 15) is 4.79 Å². The van der Waals surface area contributed by atoms with Gasteiger partial charge in [0.2, 0.25) is 5.91 Å². The summed E-state index contributed by atoms with van der Waals surface area (Å²) in [5.74, 6) is 1.95. The number of fused-ring (bicyclic) bond motifs is 1. The molecule has 7 heteroatoms. The molecule has 1 amide bonds. The van der Waals surface area contributed by atoms with Crippen molar-refractivity contribution in [3.8, 4) is 0 Å². The van der Waals surface area contributed by atoms with Crippen LogP contribution in [0.3, 0.4) is 0 Å². The molecule has 1 aliphatic rings. The molecule has 112 valence electrons. The van der Waals surface area contributed by atoms with E-state index in [1.165, 1.54) is 0 Å². The molecule has 7 nitrogen and oxygen atoms in total. The highest BCUT2D eigenvalue weighted by atomic mass is 16.2. The normalized spacial score (nSPS) is 17.9. The standard InChI is InChI=1S/C14H20N6O/c1-10-8-19(9-13-17-16-11(2)20(10)13)14(21)5-4-12-6-7-15-18(12)3/h6-7,10H,4-5,8-9H2,1-3H3/t10-/m0/s1. The molecule has 0 N–H and O–H groups in total. The van der Waals surface area contributed by atoms with Crippen LogP contribution in [0.15, 0.2) is 12.3 Å². The molecular formula is C14H20N6O. The van der Waals surface area contributed by atoms with Crippen LogP contribution in [0, 0.1) is 6.92 Å². The summed E-state index contributed by atoms with van der Waals surface area (Å²) in [7, 11) is 1.90. The van der Waals surface area contributed by atoms with E-state index in [4.69, 9.17) is 0 Å². The largest absolute Gasteiger partial charge is 0.333 e. The van der Waals surface area contributed by atoms with Crippen LogP contribution >= 0.6 is 0 Å². The molecule has 0 radical (unpaired) electrons. The molecule has 2 aromatic rings. The highest BCUT2D eigenvalue weighted by Gasteiger charge is 2.27. The van der Waals surface area contributed by atoms with Crippen LogP contribution in [0.1, 0.15) is 36.7 Å². The molecule has 0 bridgehead atoms. The summed E-state index contributed by atoms with van der Waals surface area (Å²) in [6.45, 7) is 5.32. The fraction of sp³-hybridized carbons (Fsp3) is 0.571. The number of aromatic nitrogens is 5. The SMILES string of the molecule is Cc1nnc2n1[C@@H](C)CN(C(=O)CCc1ccnn1C)C2. The van der Waals surface area contributed by atoms with Crippen LogP contribution in [0.25, 0.3) is 0 Å². The molecule has 2 aromatic heterocycles. The van der Waals surface area contributed by atoms with Crippen LogP contribution < -0.4 is 0 Å². The van der Waals surface area contributed by atoms with Gasteiger partial charge in [-0.15, -0.1) is 10.2 Å². The van der Waals surface area contributed by atoms with Crippen molar-refractivity contribution in [2.24, 2.45) is 7.05 Å². The first kappa shape index (κ1) is 13.8. The lowest BCUT2D eigenvalue weighted by molar-refractivity contribution is -0.133. The van der Waals surface area contributed by atoms with Crippen LogP contribution in [0.2, 0.25) is 0 Å². The van der Waals surface area contributed by atoms with E-state index in [-0.39, 0.29) is 11.9 Å². The van der Waals surface area contributed by atoms with Crippen molar-refractivity contribution >= 4 is 5.91 Å². The highest BCUT2D eigenvalue weighted by Crippen LogP contribution is 2.21. The minimum atomic E-state index is 0.162. The summed E-state index contributed by atoms with van der Waals surface area (Å²) in [5.41, 5.74) is 1.08. The summed E-state index contributed by atoms with van der Waals surface area (Å²) in [5, 5.41) is 12.4. The molecule has 0 aliphatic carbocycles. The van der Waals surface area contributed by atoms with Crippen molar-refractivity contribution in [3.63, 3.8) is 0 Å². The second kappa shape index (κ2) is 5.31. The maximum atomic E-state index is 12.4. The first-order chi connectivity index (χ1) is 10.1. The van der Waals surface area contributed by atoms with Gasteiger partial charge < -0.3 is 9.47 Å². The van der Waals surface area contributed by atoms with E-state index in [1.54, 1.807) is 6.20 Å². The Morgan fingerprint density at radius 2 is 2.24 bits per heavy atom. The number of carbonyl (C=O) groups is 1. The topological polar surface area (TPSA) is 68.8 Å². The van der Waals surface area contributed by atoms with Gasteiger partial charge >= 0.3 is 0 Å². The number of nitrogens with zero attached hydrogens (tertiary/aromatic N) is 6. The lowest BCUT2D eigenvalue weighted by Gasteiger charge is -2.32. The second-order valence-corrected chi connectivity index (χ2v) is 5.60. The van der Waals surface area contributed by atoms with Gasteiger partial charge in [0.25, 0.3) is 0 Å². The molecular weight excluding hydrogens is 268 g/mol. The smallest absolute Gasteiger partial charge is 0.223 e. The van der Waals surface area contributed by atoms with Crippen LogP contribution in [0.5, 0.6) is 0 Å². The summed E-state index contributed by atoms with van der Waals surface area (Å²) in [4.78, 5) is 14.3. The van der Waals surface area contributed by atoms with Gasteiger partial charge in [-0.1, -0.05) is 0 Å². The molecule has 0 aromatic carbocycles. The van der Waals surface area contributed by atoms with E-state index in [0.717, 1.165) is 23.9 Å². The number of amides is 1. The average Bonchev–Trinajstić information content (AvgIpc) is 3.03. The first-order valence-corrected chi connectivity index (χ1v) is 7.21. The van der Waals surface area contributed by atoms with Crippen molar-refractivity contribution in [1.29, 1.82) is 0 Å². The lowest BCUT2D eigenvalue weighted by Crippen LogP contribution is -2.40. The van der Waals surface area contributed by atoms with Crippen molar-refractivity contribution in [1.82, 2.24) is 29.4 Å².